The summed E-state index contributed by atoms with van der Waals surface area (Å²) in [6.45, 7) is 0. The molecule has 0 aliphatic heterocycles. The van der Waals surface area contributed by atoms with Crippen molar-refractivity contribution in [3.63, 3.8) is 0 Å². The molecule has 3 rings (SSSR count). The van der Waals surface area contributed by atoms with Gasteiger partial charge in [0.25, 0.3) is 0 Å². The van der Waals surface area contributed by atoms with Gasteiger partial charge in [-0.25, -0.2) is 0 Å². The minimum absolute atomic E-state index is 0.523. The molecule has 3 aromatic rings. The molecule has 0 saturated carbocycles. The molecule has 0 bridgehead atoms. The highest BCUT2D eigenvalue weighted by Gasteiger charge is 2.18. The average molecular weight is 400 g/mol. The van der Waals surface area contributed by atoms with Gasteiger partial charge in [0.15, 0.2) is 23.0 Å². The van der Waals surface area contributed by atoms with Gasteiger partial charge >= 0.3 is 0 Å². The predicted molar refractivity (Wildman–Crippen MR) is 109 cm³/mol. The third-order valence-corrected chi connectivity index (χ3v) is 4.50. The average Bonchev–Trinajstić information content (AvgIpc) is 3.27. The van der Waals surface area contributed by atoms with Crippen LogP contribution in [0.15, 0.2) is 40.8 Å². The largest absolute Gasteiger partial charge is 0.493 e. The molecule has 2 aromatic carbocycles. The molecule has 0 atom stereocenters. The number of hydrogen-bond acceptors (Lipinski definition) is 7. The molecule has 0 amide bonds. The predicted octanol–water partition coefficient (Wildman–Crippen LogP) is 4.67. The molecule has 0 aliphatic rings. The molecule has 29 heavy (non-hydrogen) atoms. The minimum atomic E-state index is 0.523. The summed E-state index contributed by atoms with van der Waals surface area (Å²) < 4.78 is 38.5. The molecule has 7 heteroatoms. The van der Waals surface area contributed by atoms with Gasteiger partial charge in [0.05, 0.1) is 42.7 Å². The molecule has 0 N–H and O–H groups in total. The standard InChI is InChI=1S/C22H24O7/c1-23-17-9-13(10-18(24-2)21(17)27-5)15-7-8-16(29-15)14-11-19(25-3)22(28-6)20(12-14)26-4/h7-12H,1-6H3. The van der Waals surface area contributed by atoms with Gasteiger partial charge in [-0.3, -0.25) is 0 Å². The van der Waals surface area contributed by atoms with E-state index in [9.17, 15) is 0 Å². The summed E-state index contributed by atoms with van der Waals surface area (Å²) in [5.74, 6) is 4.53. The molecule has 7 nitrogen and oxygen atoms in total. The number of hydrogen-bond donors (Lipinski definition) is 0. The fraction of sp³-hybridized carbons (Fsp3) is 0.273. The Morgan fingerprint density at radius 1 is 0.483 bits per heavy atom. The van der Waals surface area contributed by atoms with Crippen LogP contribution in [0.5, 0.6) is 34.5 Å². The lowest BCUT2D eigenvalue weighted by molar-refractivity contribution is 0.324. The molecule has 0 saturated heterocycles. The van der Waals surface area contributed by atoms with Gasteiger partial charge in [-0.15, -0.1) is 0 Å². The Bertz CT molecular complexity index is 863. The summed E-state index contributed by atoms with van der Waals surface area (Å²) in [5.41, 5.74) is 1.58. The molecule has 1 aromatic heterocycles. The number of ether oxygens (including phenoxy) is 6. The van der Waals surface area contributed by atoms with Gasteiger partial charge in [-0.1, -0.05) is 0 Å². The lowest BCUT2D eigenvalue weighted by atomic mass is 10.1. The van der Waals surface area contributed by atoms with Crippen molar-refractivity contribution in [2.75, 3.05) is 42.7 Å². The van der Waals surface area contributed by atoms with Crippen LogP contribution in [0.25, 0.3) is 22.6 Å². The number of rotatable bonds is 8. The highest BCUT2D eigenvalue weighted by Crippen LogP contribution is 2.44. The Balaban J connectivity index is 2.06. The van der Waals surface area contributed by atoms with Crippen LogP contribution < -0.4 is 28.4 Å². The third kappa shape index (κ3) is 3.76. The first-order valence-corrected chi connectivity index (χ1v) is 8.80. The molecule has 1 heterocycles. The van der Waals surface area contributed by atoms with Crippen molar-refractivity contribution in [1.82, 2.24) is 0 Å². The lowest BCUT2D eigenvalue weighted by Gasteiger charge is -2.14. The maximum absolute atomic E-state index is 6.10. The lowest BCUT2D eigenvalue weighted by Crippen LogP contribution is -1.95. The van der Waals surface area contributed by atoms with Crippen LogP contribution in [0.1, 0.15) is 0 Å². The van der Waals surface area contributed by atoms with Crippen LogP contribution in [-0.4, -0.2) is 42.7 Å². The molecular weight excluding hydrogens is 376 g/mol. The fourth-order valence-corrected chi connectivity index (χ4v) is 3.09. The molecule has 0 aliphatic carbocycles. The first-order chi connectivity index (χ1) is 14.1. The normalized spacial score (nSPS) is 10.4. The topological polar surface area (TPSA) is 68.5 Å². The third-order valence-electron chi connectivity index (χ3n) is 4.50. The highest BCUT2D eigenvalue weighted by molar-refractivity contribution is 5.72. The summed E-state index contributed by atoms with van der Waals surface area (Å²) in [7, 11) is 9.43. The Morgan fingerprint density at radius 3 is 1.03 bits per heavy atom. The van der Waals surface area contributed by atoms with Crippen molar-refractivity contribution in [3.8, 4) is 57.1 Å². The van der Waals surface area contributed by atoms with E-state index in [0.29, 0.717) is 46.0 Å². The Kier molecular flexibility index (Phi) is 6.07. The van der Waals surface area contributed by atoms with Crippen LogP contribution in [0.4, 0.5) is 0 Å². The fourth-order valence-electron chi connectivity index (χ4n) is 3.09. The van der Waals surface area contributed by atoms with Crippen molar-refractivity contribution in [1.29, 1.82) is 0 Å². The molecule has 0 spiro atoms. The maximum atomic E-state index is 6.10. The summed E-state index contributed by atoms with van der Waals surface area (Å²) in [6.07, 6.45) is 0. The van der Waals surface area contributed by atoms with Crippen LogP contribution in [0, 0.1) is 0 Å². The van der Waals surface area contributed by atoms with Gasteiger partial charge in [0, 0.05) is 11.1 Å². The smallest absolute Gasteiger partial charge is 0.203 e. The van der Waals surface area contributed by atoms with E-state index in [1.807, 2.05) is 36.4 Å². The minimum Gasteiger partial charge on any atom is -0.493 e. The van der Waals surface area contributed by atoms with Crippen molar-refractivity contribution < 1.29 is 32.8 Å². The second-order valence-corrected chi connectivity index (χ2v) is 5.99. The van der Waals surface area contributed by atoms with Crippen molar-refractivity contribution >= 4 is 0 Å². The van der Waals surface area contributed by atoms with Gasteiger partial charge < -0.3 is 32.8 Å². The maximum Gasteiger partial charge on any atom is 0.203 e. The van der Waals surface area contributed by atoms with E-state index < -0.39 is 0 Å². The van der Waals surface area contributed by atoms with Crippen molar-refractivity contribution in [2.24, 2.45) is 0 Å². The Morgan fingerprint density at radius 2 is 0.793 bits per heavy atom. The molecule has 0 radical (unpaired) electrons. The van der Waals surface area contributed by atoms with Crippen LogP contribution in [-0.2, 0) is 0 Å². The Labute approximate surface area is 169 Å². The molecular formula is C22H24O7. The van der Waals surface area contributed by atoms with Gasteiger partial charge in [0.2, 0.25) is 11.5 Å². The molecule has 154 valence electrons. The summed E-state index contributed by atoms with van der Waals surface area (Å²) in [6, 6.07) is 11.1. The zero-order chi connectivity index (χ0) is 21.0. The van der Waals surface area contributed by atoms with E-state index in [1.54, 1.807) is 42.7 Å². The van der Waals surface area contributed by atoms with E-state index >= 15 is 0 Å². The highest BCUT2D eigenvalue weighted by atomic mass is 16.5. The number of furan rings is 1. The van der Waals surface area contributed by atoms with E-state index in [0.717, 1.165) is 11.1 Å². The first kappa shape index (κ1) is 20.3. The van der Waals surface area contributed by atoms with E-state index in [2.05, 4.69) is 0 Å². The van der Waals surface area contributed by atoms with Gasteiger partial charge in [-0.2, -0.15) is 0 Å². The van der Waals surface area contributed by atoms with Crippen molar-refractivity contribution in [3.05, 3.63) is 36.4 Å². The first-order valence-electron chi connectivity index (χ1n) is 8.80. The summed E-state index contributed by atoms with van der Waals surface area (Å²) in [4.78, 5) is 0. The van der Waals surface area contributed by atoms with Crippen LogP contribution in [0.3, 0.4) is 0 Å². The Hall–Kier alpha value is -3.48. The second-order valence-electron chi connectivity index (χ2n) is 5.99. The number of methoxy groups -OCH3 is 6. The second kappa shape index (κ2) is 8.68. The zero-order valence-electron chi connectivity index (χ0n) is 17.3. The monoisotopic (exact) mass is 400 g/mol. The van der Waals surface area contributed by atoms with Gasteiger partial charge in [0.1, 0.15) is 11.5 Å². The summed E-state index contributed by atoms with van der Waals surface area (Å²) in [5, 5.41) is 0. The van der Waals surface area contributed by atoms with Crippen LogP contribution >= 0.6 is 0 Å². The zero-order valence-corrected chi connectivity index (χ0v) is 17.3. The SMILES string of the molecule is COc1cc(-c2ccc(-c3cc(OC)c(OC)c(OC)c3)o2)cc(OC)c1OC. The van der Waals surface area contributed by atoms with E-state index in [1.165, 1.54) is 0 Å². The molecule has 0 unspecified atom stereocenters. The van der Waals surface area contributed by atoms with Gasteiger partial charge in [-0.05, 0) is 36.4 Å². The van der Waals surface area contributed by atoms with Crippen LogP contribution in [0.2, 0.25) is 0 Å². The summed E-state index contributed by atoms with van der Waals surface area (Å²) >= 11 is 0. The number of benzene rings is 2. The van der Waals surface area contributed by atoms with E-state index in [-0.39, 0.29) is 0 Å². The molecule has 0 fully saturated rings. The van der Waals surface area contributed by atoms with Crippen molar-refractivity contribution in [2.45, 2.75) is 0 Å². The quantitative estimate of drug-likeness (QED) is 0.544. The van der Waals surface area contributed by atoms with E-state index in [4.69, 9.17) is 32.8 Å².